The lowest BCUT2D eigenvalue weighted by molar-refractivity contribution is 0.0605. The van der Waals surface area contributed by atoms with Crippen LogP contribution in [0.15, 0.2) is 12.2 Å². The molecule has 1 rings (SSSR count). The summed E-state index contributed by atoms with van der Waals surface area (Å²) < 4.78 is 10.1. The van der Waals surface area contributed by atoms with Crippen molar-refractivity contribution < 1.29 is 9.47 Å². The first kappa shape index (κ1) is 7.72. The Hall–Kier alpha value is -0.380. The molecule has 1 unspecified atom stereocenters. The molecular formula is C7H13NO2. The number of methoxy groups -OCH3 is 2. The van der Waals surface area contributed by atoms with Crippen LogP contribution >= 0.6 is 0 Å². The molecule has 0 saturated heterocycles. The Morgan fingerprint density at radius 3 is 1.70 bits per heavy atom. The lowest BCUT2D eigenvalue weighted by Gasteiger charge is -2.18. The van der Waals surface area contributed by atoms with Crippen LogP contribution in [0.5, 0.6) is 0 Å². The largest absolute Gasteiger partial charge is 0.376 e. The van der Waals surface area contributed by atoms with E-state index < -0.39 is 0 Å². The maximum atomic E-state index is 5.73. The van der Waals surface area contributed by atoms with E-state index in [4.69, 9.17) is 15.2 Å². The van der Waals surface area contributed by atoms with Crippen molar-refractivity contribution in [3.05, 3.63) is 12.2 Å². The van der Waals surface area contributed by atoms with Crippen molar-refractivity contribution in [1.82, 2.24) is 0 Å². The van der Waals surface area contributed by atoms with Crippen molar-refractivity contribution in [2.24, 2.45) is 5.73 Å². The molecule has 1 aliphatic rings. The standard InChI is InChI=1S/C7H13NO2/c1-9-5-3-4-6(10-2)7(5)8/h3-7H,8H2,1-2H3/t5-,6+,7?. The van der Waals surface area contributed by atoms with Crippen LogP contribution in [0.1, 0.15) is 0 Å². The summed E-state index contributed by atoms with van der Waals surface area (Å²) in [6.07, 6.45) is 3.90. The van der Waals surface area contributed by atoms with E-state index in [1.165, 1.54) is 0 Å². The third kappa shape index (κ3) is 1.21. The molecule has 0 aromatic rings. The van der Waals surface area contributed by atoms with Crippen LogP contribution in [0.4, 0.5) is 0 Å². The van der Waals surface area contributed by atoms with E-state index in [1.807, 2.05) is 12.2 Å². The zero-order valence-electron chi connectivity index (χ0n) is 6.28. The molecular weight excluding hydrogens is 130 g/mol. The molecule has 0 radical (unpaired) electrons. The number of nitrogens with two attached hydrogens (primary N) is 1. The minimum absolute atomic E-state index is 0.0185. The molecule has 10 heavy (non-hydrogen) atoms. The highest BCUT2D eigenvalue weighted by molar-refractivity contribution is 5.12. The molecule has 0 fully saturated rings. The maximum Gasteiger partial charge on any atom is 0.0932 e. The summed E-state index contributed by atoms with van der Waals surface area (Å²) in [5.41, 5.74) is 5.73. The van der Waals surface area contributed by atoms with Crippen LogP contribution in [0.2, 0.25) is 0 Å². The van der Waals surface area contributed by atoms with E-state index >= 15 is 0 Å². The molecule has 0 aliphatic heterocycles. The molecule has 58 valence electrons. The van der Waals surface area contributed by atoms with Gasteiger partial charge in [-0.25, -0.2) is 0 Å². The third-order valence-corrected chi connectivity index (χ3v) is 1.79. The zero-order chi connectivity index (χ0) is 7.56. The van der Waals surface area contributed by atoms with E-state index in [9.17, 15) is 0 Å². The van der Waals surface area contributed by atoms with Gasteiger partial charge in [0, 0.05) is 14.2 Å². The first-order valence-corrected chi connectivity index (χ1v) is 3.29. The molecule has 0 bridgehead atoms. The topological polar surface area (TPSA) is 44.5 Å². The summed E-state index contributed by atoms with van der Waals surface area (Å²) in [5.74, 6) is 0. The maximum absolute atomic E-state index is 5.73. The van der Waals surface area contributed by atoms with Gasteiger partial charge in [0.25, 0.3) is 0 Å². The number of hydrogen-bond acceptors (Lipinski definition) is 3. The van der Waals surface area contributed by atoms with E-state index in [-0.39, 0.29) is 18.2 Å². The fourth-order valence-electron chi connectivity index (χ4n) is 1.13. The second-order valence-electron chi connectivity index (χ2n) is 2.36. The molecule has 2 N–H and O–H groups in total. The van der Waals surface area contributed by atoms with Gasteiger partial charge in [0.05, 0.1) is 18.2 Å². The SMILES string of the molecule is CO[C@H]1C=C[C@@H](OC)C1N. The fourth-order valence-corrected chi connectivity index (χ4v) is 1.13. The van der Waals surface area contributed by atoms with E-state index in [0.717, 1.165) is 0 Å². The second kappa shape index (κ2) is 3.14. The molecule has 0 spiro atoms. The first-order chi connectivity index (χ1) is 4.79. The Morgan fingerprint density at radius 2 is 1.50 bits per heavy atom. The number of rotatable bonds is 2. The van der Waals surface area contributed by atoms with Crippen LogP contribution in [0.25, 0.3) is 0 Å². The van der Waals surface area contributed by atoms with Gasteiger partial charge in [0.15, 0.2) is 0 Å². The lowest BCUT2D eigenvalue weighted by Crippen LogP contribution is -2.40. The number of hydrogen-bond donors (Lipinski definition) is 1. The van der Waals surface area contributed by atoms with E-state index in [0.29, 0.717) is 0 Å². The molecule has 1 aliphatic carbocycles. The Morgan fingerprint density at radius 1 is 1.10 bits per heavy atom. The predicted molar refractivity (Wildman–Crippen MR) is 38.7 cm³/mol. The average molecular weight is 143 g/mol. The van der Waals surface area contributed by atoms with Crippen molar-refractivity contribution in [3.8, 4) is 0 Å². The summed E-state index contributed by atoms with van der Waals surface area (Å²) >= 11 is 0. The first-order valence-electron chi connectivity index (χ1n) is 3.29. The van der Waals surface area contributed by atoms with Crippen LogP contribution in [-0.2, 0) is 9.47 Å². The second-order valence-corrected chi connectivity index (χ2v) is 2.36. The summed E-state index contributed by atoms with van der Waals surface area (Å²) in [6.45, 7) is 0. The monoisotopic (exact) mass is 143 g/mol. The summed E-state index contributed by atoms with van der Waals surface area (Å²) in [6, 6.07) is -0.0463. The molecule has 0 saturated carbocycles. The van der Waals surface area contributed by atoms with Gasteiger partial charge in [0.1, 0.15) is 0 Å². The minimum atomic E-state index is -0.0463. The minimum Gasteiger partial charge on any atom is -0.376 e. The van der Waals surface area contributed by atoms with Crippen LogP contribution in [0.3, 0.4) is 0 Å². The quantitative estimate of drug-likeness (QED) is 0.549. The van der Waals surface area contributed by atoms with E-state index in [1.54, 1.807) is 14.2 Å². The highest BCUT2D eigenvalue weighted by Gasteiger charge is 2.27. The van der Waals surface area contributed by atoms with Gasteiger partial charge < -0.3 is 15.2 Å². The molecule has 0 amide bonds. The van der Waals surface area contributed by atoms with Crippen LogP contribution < -0.4 is 5.73 Å². The normalized spacial score (nSPS) is 38.9. The molecule has 3 nitrogen and oxygen atoms in total. The molecule has 0 heterocycles. The highest BCUT2D eigenvalue weighted by atomic mass is 16.5. The van der Waals surface area contributed by atoms with Gasteiger partial charge in [0.2, 0.25) is 0 Å². The molecule has 3 heteroatoms. The van der Waals surface area contributed by atoms with Crippen molar-refractivity contribution in [2.45, 2.75) is 18.2 Å². The highest BCUT2D eigenvalue weighted by Crippen LogP contribution is 2.14. The van der Waals surface area contributed by atoms with Gasteiger partial charge >= 0.3 is 0 Å². The van der Waals surface area contributed by atoms with Gasteiger partial charge in [-0.05, 0) is 0 Å². The number of ether oxygens (including phenoxy) is 2. The zero-order valence-corrected chi connectivity index (χ0v) is 6.28. The summed E-state index contributed by atoms with van der Waals surface area (Å²) in [5, 5.41) is 0. The molecule has 0 aromatic carbocycles. The fraction of sp³-hybridized carbons (Fsp3) is 0.714. The van der Waals surface area contributed by atoms with Crippen molar-refractivity contribution in [3.63, 3.8) is 0 Å². The van der Waals surface area contributed by atoms with Gasteiger partial charge in [-0.3, -0.25) is 0 Å². The summed E-state index contributed by atoms with van der Waals surface area (Å²) in [4.78, 5) is 0. The Kier molecular flexibility index (Phi) is 2.43. The van der Waals surface area contributed by atoms with E-state index in [2.05, 4.69) is 0 Å². The Balaban J connectivity index is 2.49. The molecule has 3 atom stereocenters. The average Bonchev–Trinajstić information content (AvgIpc) is 2.30. The van der Waals surface area contributed by atoms with Crippen molar-refractivity contribution in [1.29, 1.82) is 0 Å². The smallest absolute Gasteiger partial charge is 0.0932 e. The van der Waals surface area contributed by atoms with Gasteiger partial charge in [-0.1, -0.05) is 12.2 Å². The Labute approximate surface area is 60.8 Å². The Bertz CT molecular complexity index is 122. The van der Waals surface area contributed by atoms with Crippen molar-refractivity contribution in [2.75, 3.05) is 14.2 Å². The molecule has 0 aromatic heterocycles. The van der Waals surface area contributed by atoms with Crippen LogP contribution in [-0.4, -0.2) is 32.5 Å². The lowest BCUT2D eigenvalue weighted by atomic mass is 10.2. The third-order valence-electron chi connectivity index (χ3n) is 1.79. The van der Waals surface area contributed by atoms with Gasteiger partial charge in [-0.15, -0.1) is 0 Å². The van der Waals surface area contributed by atoms with Crippen LogP contribution in [0, 0.1) is 0 Å². The van der Waals surface area contributed by atoms with Crippen molar-refractivity contribution >= 4 is 0 Å². The van der Waals surface area contributed by atoms with Gasteiger partial charge in [-0.2, -0.15) is 0 Å². The summed E-state index contributed by atoms with van der Waals surface area (Å²) in [7, 11) is 3.29. The predicted octanol–water partition coefficient (Wildman–Crippen LogP) is -0.0865.